The smallest absolute Gasteiger partial charge is 0.319 e. The molecule has 9 nitrogen and oxygen atoms in total. The SMILES string of the molecule is C[C@H]1CCCCO[C@H](CN(C)Cc2ccccc2)[C@@H](C)CN([C@@H](C)CO)C(=O)c2cc(NC(=O)NC3CCCCC3)ccc2O1. The lowest BCUT2D eigenvalue weighted by atomic mass is 9.96. The van der Waals surface area contributed by atoms with Crippen LogP contribution < -0.4 is 15.4 Å². The molecule has 1 fully saturated rings. The number of benzene rings is 2. The Morgan fingerprint density at radius 3 is 2.51 bits per heavy atom. The van der Waals surface area contributed by atoms with Gasteiger partial charge in [-0.15, -0.1) is 0 Å². The average molecular weight is 623 g/mol. The molecule has 0 bridgehead atoms. The van der Waals surface area contributed by atoms with Crippen LogP contribution >= 0.6 is 0 Å². The maximum absolute atomic E-state index is 14.3. The molecule has 0 radical (unpaired) electrons. The van der Waals surface area contributed by atoms with Gasteiger partial charge in [-0.25, -0.2) is 4.79 Å². The van der Waals surface area contributed by atoms with Gasteiger partial charge in [0.25, 0.3) is 5.91 Å². The second kappa shape index (κ2) is 17.5. The number of ether oxygens (including phenoxy) is 2. The van der Waals surface area contributed by atoms with Crippen LogP contribution in [-0.4, -0.2) is 84.5 Å². The molecule has 0 spiro atoms. The van der Waals surface area contributed by atoms with Crippen LogP contribution in [0.15, 0.2) is 48.5 Å². The van der Waals surface area contributed by atoms with Crippen molar-refractivity contribution in [1.82, 2.24) is 15.1 Å². The van der Waals surface area contributed by atoms with E-state index in [2.05, 4.69) is 53.8 Å². The normalized spacial score (nSPS) is 23.0. The van der Waals surface area contributed by atoms with E-state index in [0.29, 0.717) is 36.7 Å². The first-order valence-corrected chi connectivity index (χ1v) is 16.9. The van der Waals surface area contributed by atoms with Crippen molar-refractivity contribution in [3.8, 4) is 5.75 Å². The third-order valence-corrected chi connectivity index (χ3v) is 9.04. The van der Waals surface area contributed by atoms with Crippen molar-refractivity contribution in [2.45, 2.75) is 103 Å². The topological polar surface area (TPSA) is 103 Å². The first kappa shape index (κ1) is 34.7. The highest BCUT2D eigenvalue weighted by Crippen LogP contribution is 2.29. The Labute approximate surface area is 269 Å². The molecule has 3 N–H and O–H groups in total. The van der Waals surface area contributed by atoms with Gasteiger partial charge in [-0.3, -0.25) is 9.69 Å². The van der Waals surface area contributed by atoms with Crippen molar-refractivity contribution in [3.05, 3.63) is 59.7 Å². The molecule has 3 amide bonds. The highest BCUT2D eigenvalue weighted by Gasteiger charge is 2.30. The third-order valence-electron chi connectivity index (χ3n) is 9.04. The summed E-state index contributed by atoms with van der Waals surface area (Å²) in [6.07, 6.45) is 7.91. The lowest BCUT2D eigenvalue weighted by molar-refractivity contribution is -0.0177. The Morgan fingerprint density at radius 1 is 1.04 bits per heavy atom. The Balaban J connectivity index is 1.56. The van der Waals surface area contributed by atoms with E-state index in [1.807, 2.05) is 19.9 Å². The number of rotatable bonds is 8. The van der Waals surface area contributed by atoms with Crippen molar-refractivity contribution in [1.29, 1.82) is 0 Å². The summed E-state index contributed by atoms with van der Waals surface area (Å²) >= 11 is 0. The van der Waals surface area contributed by atoms with Crippen LogP contribution in [0.25, 0.3) is 0 Å². The van der Waals surface area contributed by atoms with E-state index in [1.165, 1.54) is 12.0 Å². The zero-order valence-corrected chi connectivity index (χ0v) is 27.7. The van der Waals surface area contributed by atoms with Gasteiger partial charge in [-0.1, -0.05) is 56.5 Å². The Morgan fingerprint density at radius 2 is 1.78 bits per heavy atom. The van der Waals surface area contributed by atoms with Gasteiger partial charge in [0, 0.05) is 43.9 Å². The van der Waals surface area contributed by atoms with Crippen molar-refractivity contribution >= 4 is 17.6 Å². The molecule has 9 heteroatoms. The van der Waals surface area contributed by atoms with Crippen LogP contribution in [0.1, 0.15) is 88.1 Å². The summed E-state index contributed by atoms with van der Waals surface area (Å²) in [6, 6.07) is 15.1. The van der Waals surface area contributed by atoms with Gasteiger partial charge in [0.15, 0.2) is 0 Å². The summed E-state index contributed by atoms with van der Waals surface area (Å²) in [5.74, 6) is 0.242. The third kappa shape index (κ3) is 10.7. The molecule has 0 unspecified atom stereocenters. The fraction of sp³-hybridized carbons (Fsp3) is 0.611. The second-order valence-corrected chi connectivity index (χ2v) is 13.1. The van der Waals surface area contributed by atoms with Crippen LogP contribution in [0.4, 0.5) is 10.5 Å². The predicted octanol–water partition coefficient (Wildman–Crippen LogP) is 6.07. The molecular weight excluding hydrogens is 568 g/mol. The van der Waals surface area contributed by atoms with Crippen LogP contribution in [0.5, 0.6) is 5.75 Å². The van der Waals surface area contributed by atoms with Crippen LogP contribution in [0, 0.1) is 5.92 Å². The second-order valence-electron chi connectivity index (χ2n) is 13.1. The lowest BCUT2D eigenvalue weighted by Gasteiger charge is -2.36. The minimum atomic E-state index is -0.424. The molecule has 2 aromatic carbocycles. The molecule has 4 rings (SSSR count). The number of nitrogens with zero attached hydrogens (tertiary/aromatic N) is 2. The number of fused-ring (bicyclic) bond motifs is 1. The van der Waals surface area contributed by atoms with Gasteiger partial charge < -0.3 is 30.1 Å². The molecule has 2 aliphatic rings. The molecule has 1 aliphatic heterocycles. The van der Waals surface area contributed by atoms with E-state index in [9.17, 15) is 14.7 Å². The predicted molar refractivity (Wildman–Crippen MR) is 179 cm³/mol. The van der Waals surface area contributed by atoms with Crippen molar-refractivity contribution < 1.29 is 24.2 Å². The number of hydrogen-bond acceptors (Lipinski definition) is 6. The number of aliphatic hydroxyl groups is 1. The van der Waals surface area contributed by atoms with E-state index in [1.54, 1.807) is 23.1 Å². The summed E-state index contributed by atoms with van der Waals surface area (Å²) in [6.45, 7) is 8.37. The first-order chi connectivity index (χ1) is 21.7. The number of likely N-dealkylation sites (N-methyl/N-ethyl adjacent to an activating group) is 1. The highest BCUT2D eigenvalue weighted by molar-refractivity contribution is 5.99. The molecular formula is C36H54N4O5. The monoisotopic (exact) mass is 622 g/mol. The van der Waals surface area contributed by atoms with E-state index < -0.39 is 6.04 Å². The Hall–Kier alpha value is -3.14. The summed E-state index contributed by atoms with van der Waals surface area (Å²) in [4.78, 5) is 31.2. The van der Waals surface area contributed by atoms with E-state index in [-0.39, 0.29) is 42.7 Å². The standard InChI is InChI=1S/C36H54N4O5/c1-26-22-40(27(2)25-41)35(42)32-21-31(38-36(43)37-30-16-9-6-10-17-30)18-19-33(32)45-28(3)13-11-12-20-44-34(26)24-39(4)23-29-14-7-5-8-15-29/h5,7-8,14-15,18-19,21,26-28,30,34,41H,6,9-13,16-17,20,22-25H2,1-4H3,(H2,37,38,43)/t26-,27-,28-,34+/m0/s1. The quantitative estimate of drug-likeness (QED) is 0.330. The molecule has 1 heterocycles. The van der Waals surface area contributed by atoms with Crippen molar-refractivity contribution in [2.75, 3.05) is 38.7 Å². The lowest BCUT2D eigenvalue weighted by Crippen LogP contribution is -2.47. The Kier molecular flexibility index (Phi) is 13.5. The summed E-state index contributed by atoms with van der Waals surface area (Å²) < 4.78 is 12.8. The molecule has 1 saturated carbocycles. The summed E-state index contributed by atoms with van der Waals surface area (Å²) in [5, 5.41) is 16.3. The van der Waals surface area contributed by atoms with Gasteiger partial charge in [-0.05, 0) is 76.8 Å². The van der Waals surface area contributed by atoms with Crippen LogP contribution in [0.3, 0.4) is 0 Å². The van der Waals surface area contributed by atoms with Gasteiger partial charge in [-0.2, -0.15) is 0 Å². The molecule has 248 valence electrons. The number of nitrogens with one attached hydrogen (secondary N) is 2. The zero-order chi connectivity index (χ0) is 32.2. The largest absolute Gasteiger partial charge is 0.490 e. The molecule has 1 aliphatic carbocycles. The first-order valence-electron chi connectivity index (χ1n) is 16.9. The molecule has 45 heavy (non-hydrogen) atoms. The molecule has 0 saturated heterocycles. The number of aliphatic hydroxyl groups excluding tert-OH is 1. The summed E-state index contributed by atoms with van der Waals surface area (Å²) in [5.41, 5.74) is 2.14. The Bertz CT molecular complexity index is 1210. The zero-order valence-electron chi connectivity index (χ0n) is 27.7. The summed E-state index contributed by atoms with van der Waals surface area (Å²) in [7, 11) is 2.10. The highest BCUT2D eigenvalue weighted by atomic mass is 16.5. The maximum Gasteiger partial charge on any atom is 0.319 e. The van der Waals surface area contributed by atoms with Gasteiger partial charge in [0.2, 0.25) is 0 Å². The number of hydrogen-bond donors (Lipinski definition) is 3. The molecule has 2 aromatic rings. The van der Waals surface area contributed by atoms with Crippen LogP contribution in [0.2, 0.25) is 0 Å². The maximum atomic E-state index is 14.3. The van der Waals surface area contributed by atoms with Gasteiger partial charge in [0.05, 0.1) is 30.4 Å². The molecule has 0 aromatic heterocycles. The fourth-order valence-electron chi connectivity index (χ4n) is 6.33. The molecule has 4 atom stereocenters. The fourth-order valence-corrected chi connectivity index (χ4v) is 6.33. The number of anilines is 1. The van der Waals surface area contributed by atoms with Crippen LogP contribution in [-0.2, 0) is 11.3 Å². The number of carbonyl (C=O) groups excluding carboxylic acids is 2. The van der Waals surface area contributed by atoms with Crippen molar-refractivity contribution in [3.63, 3.8) is 0 Å². The van der Waals surface area contributed by atoms with E-state index >= 15 is 0 Å². The van der Waals surface area contributed by atoms with Crippen molar-refractivity contribution in [2.24, 2.45) is 5.92 Å². The van der Waals surface area contributed by atoms with E-state index in [4.69, 9.17) is 9.47 Å². The number of urea groups is 1. The minimum Gasteiger partial charge on any atom is -0.490 e. The minimum absolute atomic E-state index is 0.00464. The van der Waals surface area contributed by atoms with Gasteiger partial charge in [0.1, 0.15) is 5.75 Å². The number of carbonyl (C=O) groups is 2. The van der Waals surface area contributed by atoms with Gasteiger partial charge >= 0.3 is 6.03 Å². The average Bonchev–Trinajstić information content (AvgIpc) is 3.03. The number of amides is 3. The van der Waals surface area contributed by atoms with E-state index in [0.717, 1.165) is 51.5 Å².